The van der Waals surface area contributed by atoms with Gasteiger partial charge in [0.2, 0.25) is 0 Å². The molecule has 1 heterocycles. The fraction of sp³-hybridized carbons (Fsp3) is 0.208. The Hall–Kier alpha value is -4.87. The van der Waals surface area contributed by atoms with Gasteiger partial charge in [0.05, 0.1) is 20.8 Å². The Morgan fingerprint density at radius 2 is 1.67 bits per heavy atom. The summed E-state index contributed by atoms with van der Waals surface area (Å²) in [7, 11) is 2.89. The highest BCUT2D eigenvalue weighted by atomic mass is 16.5. The standard InChI is InChI=1S/C24H24N4O8/c1-33-19-10-8-16(14-20(19)34-2)23(31)26-25-21(29)15-36-24(32)18-9-11-22(30)28(27-18)12-13-35-17-6-4-3-5-7-17/h3-11,14H,12-13,15H2,1-2H3,(H,25,29)(H,26,31). The lowest BCUT2D eigenvalue weighted by Crippen LogP contribution is -2.43. The quantitative estimate of drug-likeness (QED) is 0.309. The average molecular weight is 496 g/mol. The summed E-state index contributed by atoms with van der Waals surface area (Å²) in [6.07, 6.45) is 0. The van der Waals surface area contributed by atoms with Crippen LogP contribution < -0.4 is 30.6 Å². The molecular weight excluding hydrogens is 472 g/mol. The Morgan fingerprint density at radius 1 is 0.917 bits per heavy atom. The Morgan fingerprint density at radius 3 is 2.39 bits per heavy atom. The molecule has 2 amide bonds. The van der Waals surface area contributed by atoms with Crippen molar-refractivity contribution in [2.75, 3.05) is 27.4 Å². The van der Waals surface area contributed by atoms with Crippen LogP contribution in [0.5, 0.6) is 17.2 Å². The van der Waals surface area contributed by atoms with Gasteiger partial charge in [-0.05, 0) is 36.4 Å². The van der Waals surface area contributed by atoms with Crippen LogP contribution in [0.25, 0.3) is 0 Å². The number of hydrogen-bond donors (Lipinski definition) is 2. The third-order valence-electron chi connectivity index (χ3n) is 4.69. The number of nitrogens with one attached hydrogen (secondary N) is 2. The van der Waals surface area contributed by atoms with Crippen LogP contribution in [-0.2, 0) is 16.1 Å². The highest BCUT2D eigenvalue weighted by molar-refractivity contribution is 5.96. The number of aromatic nitrogens is 2. The molecule has 0 fully saturated rings. The molecule has 0 aliphatic carbocycles. The van der Waals surface area contributed by atoms with Gasteiger partial charge in [-0.2, -0.15) is 5.10 Å². The first-order chi connectivity index (χ1) is 17.4. The summed E-state index contributed by atoms with van der Waals surface area (Å²) in [5, 5.41) is 3.95. The van der Waals surface area contributed by atoms with E-state index in [1.165, 1.54) is 38.5 Å². The molecule has 1 aromatic heterocycles. The van der Waals surface area contributed by atoms with E-state index in [0.717, 1.165) is 10.7 Å². The van der Waals surface area contributed by atoms with E-state index >= 15 is 0 Å². The van der Waals surface area contributed by atoms with Gasteiger partial charge in [-0.25, -0.2) is 9.48 Å². The zero-order chi connectivity index (χ0) is 25.9. The van der Waals surface area contributed by atoms with Crippen LogP contribution in [0.15, 0.2) is 65.5 Å². The number of para-hydroxylation sites is 1. The predicted octanol–water partition coefficient (Wildman–Crippen LogP) is 0.957. The minimum Gasteiger partial charge on any atom is -0.493 e. The summed E-state index contributed by atoms with van der Waals surface area (Å²) in [5.74, 6) is -0.928. The number of nitrogens with zero attached hydrogens (tertiary/aromatic N) is 2. The number of methoxy groups -OCH3 is 2. The third-order valence-corrected chi connectivity index (χ3v) is 4.69. The molecule has 36 heavy (non-hydrogen) atoms. The smallest absolute Gasteiger partial charge is 0.359 e. The van der Waals surface area contributed by atoms with Crippen LogP contribution >= 0.6 is 0 Å². The zero-order valence-electron chi connectivity index (χ0n) is 19.6. The monoisotopic (exact) mass is 496 g/mol. The summed E-state index contributed by atoms with van der Waals surface area (Å²) < 4.78 is 21.7. The maximum absolute atomic E-state index is 12.3. The average Bonchev–Trinajstić information content (AvgIpc) is 2.91. The van der Waals surface area contributed by atoms with E-state index in [0.29, 0.717) is 17.2 Å². The highest BCUT2D eigenvalue weighted by Gasteiger charge is 2.15. The minimum atomic E-state index is -0.922. The molecule has 12 nitrogen and oxygen atoms in total. The second kappa shape index (κ2) is 12.6. The third kappa shape index (κ3) is 7.06. The van der Waals surface area contributed by atoms with E-state index < -0.39 is 29.9 Å². The summed E-state index contributed by atoms with van der Waals surface area (Å²) in [4.78, 5) is 48.5. The largest absolute Gasteiger partial charge is 0.493 e. The number of carbonyl (C=O) groups is 3. The first-order valence-corrected chi connectivity index (χ1v) is 10.7. The van der Waals surface area contributed by atoms with Crippen molar-refractivity contribution in [3.63, 3.8) is 0 Å². The van der Waals surface area contributed by atoms with Crippen molar-refractivity contribution >= 4 is 17.8 Å². The molecule has 2 aromatic carbocycles. The SMILES string of the molecule is COc1ccc(C(=O)NNC(=O)COC(=O)c2ccc(=O)n(CCOc3ccccc3)n2)cc1OC. The van der Waals surface area contributed by atoms with Crippen molar-refractivity contribution < 1.29 is 33.3 Å². The van der Waals surface area contributed by atoms with Gasteiger partial charge in [0.15, 0.2) is 23.8 Å². The van der Waals surface area contributed by atoms with Crippen molar-refractivity contribution in [3.05, 3.63) is 82.3 Å². The van der Waals surface area contributed by atoms with E-state index in [2.05, 4.69) is 16.0 Å². The van der Waals surface area contributed by atoms with Crippen molar-refractivity contribution in [1.82, 2.24) is 20.6 Å². The van der Waals surface area contributed by atoms with Crippen LogP contribution in [0.2, 0.25) is 0 Å². The van der Waals surface area contributed by atoms with Gasteiger partial charge in [-0.1, -0.05) is 18.2 Å². The van der Waals surface area contributed by atoms with Gasteiger partial charge >= 0.3 is 5.97 Å². The fourth-order valence-electron chi connectivity index (χ4n) is 2.90. The molecule has 0 unspecified atom stereocenters. The molecule has 188 valence electrons. The number of hydrazine groups is 1. The van der Waals surface area contributed by atoms with Crippen LogP contribution in [0.1, 0.15) is 20.8 Å². The zero-order valence-corrected chi connectivity index (χ0v) is 19.6. The highest BCUT2D eigenvalue weighted by Crippen LogP contribution is 2.27. The maximum atomic E-state index is 12.3. The summed E-state index contributed by atoms with van der Waals surface area (Å²) in [6.45, 7) is -0.446. The first kappa shape index (κ1) is 25.7. The Kier molecular flexibility index (Phi) is 8.98. The number of benzene rings is 2. The van der Waals surface area contributed by atoms with Gasteiger partial charge < -0.3 is 18.9 Å². The predicted molar refractivity (Wildman–Crippen MR) is 126 cm³/mol. The number of rotatable bonds is 10. The molecule has 3 rings (SSSR count). The van der Waals surface area contributed by atoms with Crippen molar-refractivity contribution in [2.45, 2.75) is 6.54 Å². The molecule has 0 atom stereocenters. The molecule has 12 heteroatoms. The molecule has 0 bridgehead atoms. The van der Waals surface area contributed by atoms with Crippen LogP contribution in [-0.4, -0.2) is 55.0 Å². The second-order valence-electron chi connectivity index (χ2n) is 7.09. The number of hydrogen-bond acceptors (Lipinski definition) is 9. The maximum Gasteiger partial charge on any atom is 0.359 e. The molecule has 2 N–H and O–H groups in total. The minimum absolute atomic E-state index is 0.0948. The second-order valence-corrected chi connectivity index (χ2v) is 7.09. The number of amides is 2. The Balaban J connectivity index is 1.48. The van der Waals surface area contributed by atoms with Crippen LogP contribution in [0.3, 0.4) is 0 Å². The number of ether oxygens (including phenoxy) is 4. The molecular formula is C24H24N4O8. The van der Waals surface area contributed by atoms with Crippen LogP contribution in [0.4, 0.5) is 0 Å². The van der Waals surface area contributed by atoms with Crippen LogP contribution in [0, 0.1) is 0 Å². The summed E-state index contributed by atoms with van der Waals surface area (Å²) in [6, 6.07) is 15.8. The molecule has 0 spiro atoms. The number of carbonyl (C=O) groups excluding carboxylic acids is 3. The van der Waals surface area contributed by atoms with E-state index in [1.807, 2.05) is 18.2 Å². The Labute approximate surface area is 205 Å². The van der Waals surface area contributed by atoms with Crippen molar-refractivity contribution in [1.29, 1.82) is 0 Å². The van der Waals surface area contributed by atoms with E-state index in [-0.39, 0.29) is 24.4 Å². The topological polar surface area (TPSA) is 147 Å². The van der Waals surface area contributed by atoms with E-state index in [1.54, 1.807) is 12.1 Å². The molecule has 0 saturated carbocycles. The molecule has 3 aromatic rings. The lowest BCUT2D eigenvalue weighted by Gasteiger charge is -2.11. The summed E-state index contributed by atoms with van der Waals surface area (Å²) in [5.41, 5.74) is 3.94. The molecule has 0 saturated heterocycles. The molecule has 0 aliphatic rings. The van der Waals surface area contributed by atoms with Gasteiger partial charge in [0.1, 0.15) is 12.4 Å². The first-order valence-electron chi connectivity index (χ1n) is 10.7. The number of esters is 1. The van der Waals surface area contributed by atoms with Crippen molar-refractivity contribution in [2.24, 2.45) is 0 Å². The Bertz CT molecular complexity index is 1280. The van der Waals surface area contributed by atoms with Gasteiger partial charge in [0.25, 0.3) is 17.4 Å². The van der Waals surface area contributed by atoms with E-state index in [4.69, 9.17) is 18.9 Å². The summed E-state index contributed by atoms with van der Waals surface area (Å²) >= 11 is 0. The van der Waals surface area contributed by atoms with Gasteiger partial charge in [-0.3, -0.25) is 25.2 Å². The molecule has 0 aliphatic heterocycles. The molecule has 0 radical (unpaired) electrons. The normalized spacial score (nSPS) is 10.2. The van der Waals surface area contributed by atoms with Gasteiger partial charge in [0, 0.05) is 11.6 Å². The van der Waals surface area contributed by atoms with E-state index in [9.17, 15) is 19.2 Å². The lowest BCUT2D eigenvalue weighted by molar-refractivity contribution is -0.125. The van der Waals surface area contributed by atoms with Crippen molar-refractivity contribution in [3.8, 4) is 17.2 Å². The fourth-order valence-corrected chi connectivity index (χ4v) is 2.90. The lowest BCUT2D eigenvalue weighted by atomic mass is 10.2. The van der Waals surface area contributed by atoms with Gasteiger partial charge in [-0.15, -0.1) is 0 Å².